The molecule has 0 radical (unpaired) electrons. The van der Waals surface area contributed by atoms with Crippen LogP contribution in [0.1, 0.15) is 43.1 Å². The molecule has 0 fully saturated rings. The average molecular weight is 308 g/mol. The van der Waals surface area contributed by atoms with Crippen molar-refractivity contribution in [3.63, 3.8) is 0 Å². The Morgan fingerprint density at radius 3 is 2.68 bits per heavy atom. The molecule has 0 atom stereocenters. The number of benzene rings is 1. The van der Waals surface area contributed by atoms with Crippen molar-refractivity contribution in [3.05, 3.63) is 29.1 Å². The second-order valence-electron chi connectivity index (χ2n) is 6.17. The molecule has 22 heavy (non-hydrogen) atoms. The number of nitrogens with one attached hydrogen (secondary N) is 1. The number of aliphatic hydroxyl groups is 1. The van der Waals surface area contributed by atoms with E-state index in [4.69, 9.17) is 0 Å². The van der Waals surface area contributed by atoms with Crippen LogP contribution in [0.3, 0.4) is 0 Å². The van der Waals surface area contributed by atoms with E-state index in [-0.39, 0.29) is 18.0 Å². The third-order valence-corrected chi connectivity index (χ3v) is 3.57. The van der Waals surface area contributed by atoms with E-state index in [0.717, 1.165) is 5.56 Å². The predicted molar refractivity (Wildman–Crippen MR) is 81.2 cm³/mol. The van der Waals surface area contributed by atoms with Crippen LogP contribution in [0.5, 0.6) is 0 Å². The Labute approximate surface area is 129 Å². The fourth-order valence-electron chi connectivity index (χ4n) is 2.53. The van der Waals surface area contributed by atoms with Crippen molar-refractivity contribution in [2.45, 2.75) is 39.2 Å². The number of aryl methyl sites for hydroxylation is 1. The van der Waals surface area contributed by atoms with E-state index in [9.17, 15) is 19.1 Å². The molecular weight excluding hydrogens is 287 g/mol. The molecule has 5 nitrogen and oxygen atoms in total. The van der Waals surface area contributed by atoms with Crippen LogP contribution in [-0.4, -0.2) is 40.5 Å². The van der Waals surface area contributed by atoms with Gasteiger partial charge in [0.15, 0.2) is 0 Å². The maximum absolute atomic E-state index is 14.2. The van der Waals surface area contributed by atoms with Crippen LogP contribution in [0.25, 0.3) is 0 Å². The maximum Gasteiger partial charge on any atom is 0.256 e. The summed E-state index contributed by atoms with van der Waals surface area (Å²) in [6, 6.07) is 2.69. The van der Waals surface area contributed by atoms with E-state index >= 15 is 0 Å². The van der Waals surface area contributed by atoms with Gasteiger partial charge >= 0.3 is 0 Å². The number of carbonyl (C=O) groups is 2. The molecule has 1 heterocycles. The summed E-state index contributed by atoms with van der Waals surface area (Å²) in [5.41, 5.74) is 0.102. The standard InChI is InChI=1S/C16H21FN2O3/c1-4-19(9-16(2,3)22)15(21)11-7-10-5-6-14(20)18-13(10)8-12(11)17/h7-8,22H,4-6,9H2,1-3H3,(H,18,20). The Kier molecular flexibility index (Phi) is 4.51. The fraction of sp³-hybridized carbons (Fsp3) is 0.500. The smallest absolute Gasteiger partial charge is 0.256 e. The van der Waals surface area contributed by atoms with Gasteiger partial charge in [0.1, 0.15) is 5.82 Å². The van der Waals surface area contributed by atoms with Crippen molar-refractivity contribution in [2.75, 3.05) is 18.4 Å². The predicted octanol–water partition coefficient (Wildman–Crippen LogP) is 1.94. The molecule has 2 amide bonds. The highest BCUT2D eigenvalue weighted by molar-refractivity contribution is 5.98. The Morgan fingerprint density at radius 2 is 2.09 bits per heavy atom. The molecule has 0 saturated heterocycles. The molecule has 0 aliphatic carbocycles. The molecule has 2 rings (SSSR count). The second-order valence-corrected chi connectivity index (χ2v) is 6.17. The maximum atomic E-state index is 14.2. The highest BCUT2D eigenvalue weighted by Gasteiger charge is 2.26. The number of anilines is 1. The molecule has 6 heteroatoms. The molecule has 0 unspecified atom stereocenters. The summed E-state index contributed by atoms with van der Waals surface area (Å²) in [4.78, 5) is 25.3. The lowest BCUT2D eigenvalue weighted by Crippen LogP contribution is -2.42. The number of rotatable bonds is 4. The average Bonchev–Trinajstić information content (AvgIpc) is 2.42. The molecule has 0 aromatic heterocycles. The van der Waals surface area contributed by atoms with Gasteiger partial charge in [0.2, 0.25) is 5.91 Å². The quantitative estimate of drug-likeness (QED) is 0.893. The minimum absolute atomic E-state index is 0.0269. The third kappa shape index (κ3) is 3.62. The lowest BCUT2D eigenvalue weighted by atomic mass is 9.99. The van der Waals surface area contributed by atoms with Crippen LogP contribution in [-0.2, 0) is 11.2 Å². The lowest BCUT2D eigenvalue weighted by molar-refractivity contribution is -0.116. The van der Waals surface area contributed by atoms with Crippen LogP contribution >= 0.6 is 0 Å². The lowest BCUT2D eigenvalue weighted by Gasteiger charge is -2.28. The molecule has 1 aromatic carbocycles. The Morgan fingerprint density at radius 1 is 1.41 bits per heavy atom. The van der Waals surface area contributed by atoms with E-state index in [2.05, 4.69) is 5.32 Å². The van der Waals surface area contributed by atoms with Gasteiger partial charge in [0.25, 0.3) is 5.91 Å². The highest BCUT2D eigenvalue weighted by Crippen LogP contribution is 2.26. The first-order valence-corrected chi connectivity index (χ1v) is 7.35. The van der Waals surface area contributed by atoms with E-state index in [1.54, 1.807) is 20.8 Å². The minimum atomic E-state index is -1.05. The first kappa shape index (κ1) is 16.4. The van der Waals surface area contributed by atoms with Crippen LogP contribution in [0, 0.1) is 5.82 Å². The zero-order chi connectivity index (χ0) is 16.5. The van der Waals surface area contributed by atoms with Gasteiger partial charge in [-0.3, -0.25) is 9.59 Å². The van der Waals surface area contributed by atoms with Gasteiger partial charge in [-0.2, -0.15) is 0 Å². The summed E-state index contributed by atoms with van der Waals surface area (Å²) in [6.07, 6.45) is 0.812. The highest BCUT2D eigenvalue weighted by atomic mass is 19.1. The topological polar surface area (TPSA) is 69.6 Å². The van der Waals surface area contributed by atoms with Crippen molar-refractivity contribution in [2.24, 2.45) is 0 Å². The molecule has 0 spiro atoms. The zero-order valence-corrected chi connectivity index (χ0v) is 13.1. The number of carbonyl (C=O) groups excluding carboxylic acids is 2. The monoisotopic (exact) mass is 308 g/mol. The van der Waals surface area contributed by atoms with Gasteiger partial charge in [0, 0.05) is 25.2 Å². The van der Waals surface area contributed by atoms with Crippen molar-refractivity contribution in [3.8, 4) is 0 Å². The summed E-state index contributed by atoms with van der Waals surface area (Å²) >= 11 is 0. The molecule has 120 valence electrons. The summed E-state index contributed by atoms with van der Waals surface area (Å²) in [5, 5.41) is 12.5. The second kappa shape index (κ2) is 6.04. The van der Waals surface area contributed by atoms with Gasteiger partial charge in [-0.1, -0.05) is 0 Å². The normalized spacial score (nSPS) is 14.3. The van der Waals surface area contributed by atoms with E-state index < -0.39 is 17.3 Å². The van der Waals surface area contributed by atoms with E-state index in [1.807, 2.05) is 0 Å². The largest absolute Gasteiger partial charge is 0.389 e. The number of fused-ring (bicyclic) bond motifs is 1. The molecule has 1 aromatic rings. The number of halogens is 1. The van der Waals surface area contributed by atoms with Crippen molar-refractivity contribution in [1.82, 2.24) is 4.90 Å². The van der Waals surface area contributed by atoms with E-state index in [0.29, 0.717) is 25.1 Å². The summed E-state index contributed by atoms with van der Waals surface area (Å²) < 4.78 is 14.2. The molecule has 0 bridgehead atoms. The van der Waals surface area contributed by atoms with Gasteiger partial charge in [0.05, 0.1) is 11.2 Å². The Bertz CT molecular complexity index is 608. The number of hydrogen-bond acceptors (Lipinski definition) is 3. The number of likely N-dealkylation sites (N-methyl/N-ethyl adjacent to an activating group) is 1. The van der Waals surface area contributed by atoms with Crippen LogP contribution in [0.2, 0.25) is 0 Å². The summed E-state index contributed by atoms with van der Waals surface area (Å²) in [7, 11) is 0. The molecule has 0 saturated carbocycles. The first-order chi connectivity index (χ1) is 10.2. The molecule has 2 N–H and O–H groups in total. The Balaban J connectivity index is 2.31. The number of nitrogens with zero attached hydrogens (tertiary/aromatic N) is 1. The molecular formula is C16H21FN2O3. The van der Waals surface area contributed by atoms with Gasteiger partial charge < -0.3 is 15.3 Å². The van der Waals surface area contributed by atoms with Gasteiger partial charge in [-0.05, 0) is 44.9 Å². The van der Waals surface area contributed by atoms with Gasteiger partial charge in [-0.15, -0.1) is 0 Å². The Hall–Kier alpha value is -1.95. The molecule has 1 aliphatic rings. The number of hydrogen-bond donors (Lipinski definition) is 2. The van der Waals surface area contributed by atoms with Crippen molar-refractivity contribution < 1.29 is 19.1 Å². The summed E-state index contributed by atoms with van der Waals surface area (Å²) in [5.74, 6) is -1.27. The minimum Gasteiger partial charge on any atom is -0.389 e. The van der Waals surface area contributed by atoms with Crippen LogP contribution in [0.15, 0.2) is 12.1 Å². The van der Waals surface area contributed by atoms with Crippen LogP contribution < -0.4 is 5.32 Å². The third-order valence-electron chi connectivity index (χ3n) is 3.57. The first-order valence-electron chi connectivity index (χ1n) is 7.35. The van der Waals surface area contributed by atoms with Crippen molar-refractivity contribution >= 4 is 17.5 Å². The summed E-state index contributed by atoms with van der Waals surface area (Å²) in [6.45, 7) is 5.47. The zero-order valence-electron chi connectivity index (χ0n) is 13.1. The fourth-order valence-corrected chi connectivity index (χ4v) is 2.53. The van der Waals surface area contributed by atoms with Crippen LogP contribution in [0.4, 0.5) is 10.1 Å². The number of amides is 2. The van der Waals surface area contributed by atoms with E-state index in [1.165, 1.54) is 17.0 Å². The SMILES string of the molecule is CCN(CC(C)(C)O)C(=O)c1cc2c(cc1F)NC(=O)CC2. The van der Waals surface area contributed by atoms with Crippen molar-refractivity contribution in [1.29, 1.82) is 0 Å². The molecule has 1 aliphatic heterocycles. The van der Waals surface area contributed by atoms with Gasteiger partial charge in [-0.25, -0.2) is 4.39 Å².